The molecule has 4 rings (SSSR count). The normalized spacial score (nSPS) is 22.0. The Hall–Kier alpha value is -2.23. The predicted molar refractivity (Wildman–Crippen MR) is 102 cm³/mol. The molecule has 2 aliphatic heterocycles. The van der Waals surface area contributed by atoms with E-state index < -0.39 is 21.7 Å². The van der Waals surface area contributed by atoms with Gasteiger partial charge in [-0.15, -0.1) is 0 Å². The second kappa shape index (κ2) is 6.98. The molecule has 1 spiro atoms. The smallest absolute Gasteiger partial charge is 0.253 e. The van der Waals surface area contributed by atoms with E-state index in [1.165, 1.54) is 9.21 Å². The SMILES string of the molecule is CN(C)C(=O)C1Cn2ccnc2C2(CCN(S(=O)(=O)c3ccccc3)CC2)O1. The number of hydrogen-bond donors (Lipinski definition) is 0. The summed E-state index contributed by atoms with van der Waals surface area (Å²) in [6, 6.07) is 8.44. The third-order valence-electron chi connectivity index (χ3n) is 5.48. The first-order valence-corrected chi connectivity index (χ1v) is 10.7. The maximum Gasteiger partial charge on any atom is 0.253 e. The number of ether oxygens (including phenoxy) is 1. The molecule has 8 nitrogen and oxygen atoms in total. The Bertz CT molecular complexity index is 963. The van der Waals surface area contributed by atoms with Gasteiger partial charge in [0.25, 0.3) is 5.91 Å². The van der Waals surface area contributed by atoms with Crippen LogP contribution >= 0.6 is 0 Å². The number of nitrogens with zero attached hydrogens (tertiary/aromatic N) is 4. The highest BCUT2D eigenvalue weighted by atomic mass is 32.2. The average Bonchev–Trinajstić information content (AvgIpc) is 3.18. The van der Waals surface area contributed by atoms with Gasteiger partial charge in [0.2, 0.25) is 10.0 Å². The van der Waals surface area contributed by atoms with Gasteiger partial charge in [-0.2, -0.15) is 4.31 Å². The molecule has 9 heteroatoms. The van der Waals surface area contributed by atoms with Gasteiger partial charge in [-0.3, -0.25) is 4.79 Å². The molecule has 1 fully saturated rings. The van der Waals surface area contributed by atoms with Crippen molar-refractivity contribution in [1.29, 1.82) is 0 Å². The van der Waals surface area contributed by atoms with Gasteiger partial charge in [0.1, 0.15) is 11.4 Å². The molecular weight excluding hydrogens is 380 g/mol. The number of piperidine rings is 1. The summed E-state index contributed by atoms with van der Waals surface area (Å²) < 4.78 is 35.6. The molecule has 0 bridgehead atoms. The summed E-state index contributed by atoms with van der Waals surface area (Å²) in [7, 11) is -0.139. The lowest BCUT2D eigenvalue weighted by Gasteiger charge is -2.45. The molecule has 1 unspecified atom stereocenters. The minimum Gasteiger partial charge on any atom is -0.352 e. The topological polar surface area (TPSA) is 84.7 Å². The number of hydrogen-bond acceptors (Lipinski definition) is 5. The standard InChI is InChI=1S/C19H24N4O4S/c1-21(2)17(24)16-14-22-13-10-20-18(22)19(27-16)8-11-23(12-9-19)28(25,26)15-6-4-3-5-7-15/h3-7,10,13,16H,8-9,11-12,14H2,1-2H3. The van der Waals surface area contributed by atoms with E-state index in [-0.39, 0.29) is 10.8 Å². The van der Waals surface area contributed by atoms with Crippen molar-refractivity contribution >= 4 is 15.9 Å². The number of amides is 1. The molecule has 0 N–H and O–H groups in total. The van der Waals surface area contributed by atoms with Crippen LogP contribution in [0.25, 0.3) is 0 Å². The second-order valence-corrected chi connectivity index (χ2v) is 9.39. The van der Waals surface area contributed by atoms with E-state index in [1.807, 2.05) is 10.8 Å². The van der Waals surface area contributed by atoms with Gasteiger partial charge in [-0.05, 0) is 25.0 Å². The number of carbonyl (C=O) groups is 1. The third kappa shape index (κ3) is 3.13. The van der Waals surface area contributed by atoms with Crippen molar-refractivity contribution in [2.24, 2.45) is 0 Å². The lowest BCUT2D eigenvalue weighted by atomic mass is 9.89. The fourth-order valence-corrected chi connectivity index (χ4v) is 5.45. The van der Waals surface area contributed by atoms with E-state index in [1.54, 1.807) is 50.6 Å². The fraction of sp³-hybridized carbons (Fsp3) is 0.474. The van der Waals surface area contributed by atoms with Gasteiger partial charge in [0.05, 0.1) is 11.4 Å². The van der Waals surface area contributed by atoms with Crippen LogP contribution in [0.4, 0.5) is 0 Å². The Balaban J connectivity index is 1.58. The molecule has 0 radical (unpaired) electrons. The lowest BCUT2D eigenvalue weighted by molar-refractivity contribution is -0.177. The summed E-state index contributed by atoms with van der Waals surface area (Å²) >= 11 is 0. The maximum absolute atomic E-state index is 12.9. The highest BCUT2D eigenvalue weighted by molar-refractivity contribution is 7.89. The van der Waals surface area contributed by atoms with Crippen LogP contribution in [0.15, 0.2) is 47.6 Å². The first-order valence-electron chi connectivity index (χ1n) is 9.29. The van der Waals surface area contributed by atoms with Gasteiger partial charge in [-0.1, -0.05) is 18.2 Å². The lowest BCUT2D eigenvalue weighted by Crippen LogP contribution is -2.54. The van der Waals surface area contributed by atoms with E-state index >= 15 is 0 Å². The molecule has 3 heterocycles. The molecule has 0 aliphatic carbocycles. The number of likely N-dealkylation sites (N-methyl/N-ethyl adjacent to an activating group) is 1. The van der Waals surface area contributed by atoms with E-state index in [4.69, 9.17) is 4.74 Å². The zero-order chi connectivity index (χ0) is 19.9. The zero-order valence-corrected chi connectivity index (χ0v) is 16.8. The molecule has 0 saturated carbocycles. The molecule has 1 aromatic heterocycles. The maximum atomic E-state index is 12.9. The highest BCUT2D eigenvalue weighted by Gasteiger charge is 2.48. The number of carbonyl (C=O) groups excluding carboxylic acids is 1. The number of imidazole rings is 1. The van der Waals surface area contributed by atoms with Gasteiger partial charge in [-0.25, -0.2) is 13.4 Å². The van der Waals surface area contributed by atoms with Crippen molar-refractivity contribution in [3.63, 3.8) is 0 Å². The summed E-state index contributed by atoms with van der Waals surface area (Å²) in [6.07, 6.45) is 3.85. The van der Waals surface area contributed by atoms with E-state index in [0.29, 0.717) is 32.5 Å². The second-order valence-electron chi connectivity index (χ2n) is 7.45. The van der Waals surface area contributed by atoms with Crippen molar-refractivity contribution in [2.45, 2.75) is 36.0 Å². The summed E-state index contributed by atoms with van der Waals surface area (Å²) in [5.41, 5.74) is -0.749. The summed E-state index contributed by atoms with van der Waals surface area (Å²) in [5.74, 6) is 0.671. The van der Waals surface area contributed by atoms with Crippen LogP contribution in [-0.4, -0.2) is 66.4 Å². The molecule has 2 aromatic rings. The van der Waals surface area contributed by atoms with Gasteiger partial charge in [0.15, 0.2) is 6.10 Å². The van der Waals surface area contributed by atoms with Crippen LogP contribution in [0.1, 0.15) is 18.7 Å². The minimum absolute atomic E-state index is 0.0990. The number of fused-ring (bicyclic) bond motifs is 2. The number of rotatable bonds is 3. The van der Waals surface area contributed by atoms with Crippen LogP contribution in [0, 0.1) is 0 Å². The van der Waals surface area contributed by atoms with Crippen molar-refractivity contribution in [3.05, 3.63) is 48.5 Å². The van der Waals surface area contributed by atoms with Gasteiger partial charge in [0, 0.05) is 39.6 Å². The molecule has 1 amide bonds. The molecule has 1 saturated heterocycles. The van der Waals surface area contributed by atoms with Crippen molar-refractivity contribution in [3.8, 4) is 0 Å². The molecule has 1 aromatic carbocycles. The van der Waals surface area contributed by atoms with Crippen LogP contribution in [-0.2, 0) is 31.7 Å². The first kappa shape index (κ1) is 19.1. The van der Waals surface area contributed by atoms with E-state index in [0.717, 1.165) is 5.82 Å². The highest BCUT2D eigenvalue weighted by Crippen LogP contribution is 2.41. The van der Waals surface area contributed by atoms with E-state index in [2.05, 4.69) is 4.98 Å². The monoisotopic (exact) mass is 404 g/mol. The predicted octanol–water partition coefficient (Wildman–Crippen LogP) is 1.05. The Morgan fingerprint density at radius 3 is 2.54 bits per heavy atom. The first-order chi connectivity index (χ1) is 13.3. The van der Waals surface area contributed by atoms with Crippen LogP contribution in [0.3, 0.4) is 0 Å². The minimum atomic E-state index is -3.55. The van der Waals surface area contributed by atoms with Crippen molar-refractivity contribution < 1.29 is 17.9 Å². The number of benzene rings is 1. The largest absolute Gasteiger partial charge is 0.352 e. The van der Waals surface area contributed by atoms with E-state index in [9.17, 15) is 13.2 Å². The van der Waals surface area contributed by atoms with Gasteiger partial charge < -0.3 is 14.2 Å². The zero-order valence-electron chi connectivity index (χ0n) is 16.0. The molecule has 1 atom stereocenters. The Labute approximate surface area is 164 Å². The average molecular weight is 404 g/mol. The summed E-state index contributed by atoms with van der Waals surface area (Å²) in [6.45, 7) is 1.04. The van der Waals surface area contributed by atoms with Crippen molar-refractivity contribution in [1.82, 2.24) is 18.8 Å². The Morgan fingerprint density at radius 1 is 1.21 bits per heavy atom. The van der Waals surface area contributed by atoms with Gasteiger partial charge >= 0.3 is 0 Å². The number of sulfonamides is 1. The Morgan fingerprint density at radius 2 is 1.89 bits per heavy atom. The third-order valence-corrected chi connectivity index (χ3v) is 7.39. The molecule has 28 heavy (non-hydrogen) atoms. The van der Waals surface area contributed by atoms with Crippen molar-refractivity contribution in [2.75, 3.05) is 27.2 Å². The van der Waals surface area contributed by atoms with Crippen LogP contribution in [0.5, 0.6) is 0 Å². The molecular formula is C19H24N4O4S. The van der Waals surface area contributed by atoms with Crippen LogP contribution < -0.4 is 0 Å². The number of aromatic nitrogens is 2. The fourth-order valence-electron chi connectivity index (χ4n) is 3.98. The summed E-state index contributed by atoms with van der Waals surface area (Å²) in [4.78, 5) is 18.8. The van der Waals surface area contributed by atoms with Crippen LogP contribution in [0.2, 0.25) is 0 Å². The Kier molecular flexibility index (Phi) is 4.76. The quantitative estimate of drug-likeness (QED) is 0.764. The molecule has 150 valence electrons. The summed E-state index contributed by atoms with van der Waals surface area (Å²) in [5, 5.41) is 0. The molecule has 2 aliphatic rings.